The molecule has 7 heteroatoms. The van der Waals surface area contributed by atoms with Gasteiger partial charge in [-0.1, -0.05) is 6.92 Å². The van der Waals surface area contributed by atoms with E-state index < -0.39 is 13.0 Å². The molecule has 1 unspecified atom stereocenters. The topological polar surface area (TPSA) is 38.6 Å². The van der Waals surface area contributed by atoms with Gasteiger partial charge in [0.25, 0.3) is 6.43 Å². The molecule has 0 fully saturated rings. The molecule has 0 spiro atoms. The quantitative estimate of drug-likeness (QED) is 0.724. The van der Waals surface area contributed by atoms with Crippen LogP contribution in [0.1, 0.15) is 19.0 Å². The number of nitrogens with one attached hydrogen (secondary N) is 1. The minimum atomic E-state index is -2.40. The van der Waals surface area contributed by atoms with Crippen LogP contribution in [0.25, 0.3) is 4.96 Å². The van der Waals surface area contributed by atoms with E-state index in [2.05, 4.69) is 10.3 Å². The molecule has 4 nitrogen and oxygen atoms in total. The van der Waals surface area contributed by atoms with Crippen LogP contribution in [0, 0.1) is 0 Å². The summed E-state index contributed by atoms with van der Waals surface area (Å²) in [4.78, 5) is 5.51. The Morgan fingerprint density at radius 2 is 2.35 bits per heavy atom. The van der Waals surface area contributed by atoms with E-state index in [1.165, 1.54) is 0 Å². The number of nitrogens with zero attached hydrogens (tertiary/aromatic N) is 2. The molecule has 0 amide bonds. The van der Waals surface area contributed by atoms with Gasteiger partial charge in [0.2, 0.25) is 0 Å². The van der Waals surface area contributed by atoms with Crippen LogP contribution in [0.15, 0.2) is 17.8 Å². The summed E-state index contributed by atoms with van der Waals surface area (Å²) in [6.07, 6.45) is 3.07. The minimum absolute atomic E-state index is 0.197. The normalized spacial score (nSPS) is 13.4. The summed E-state index contributed by atoms with van der Waals surface area (Å²) in [5.41, 5.74) is 1.01. The fourth-order valence-electron chi connectivity index (χ4n) is 2.09. The Morgan fingerprint density at radius 3 is 3.05 bits per heavy atom. The van der Waals surface area contributed by atoms with E-state index in [0.717, 1.165) is 23.6 Å². The first-order valence-corrected chi connectivity index (χ1v) is 7.57. The van der Waals surface area contributed by atoms with Gasteiger partial charge in [-0.2, -0.15) is 0 Å². The van der Waals surface area contributed by atoms with Crippen LogP contribution in [-0.2, 0) is 11.2 Å². The molecule has 0 aliphatic rings. The molecule has 0 saturated carbocycles. The lowest BCUT2D eigenvalue weighted by Crippen LogP contribution is -2.32. The zero-order chi connectivity index (χ0) is 14.4. The standard InChI is InChI=1S/C13H19F2N3OS/c1-2-16-10(3-5-19-9-12(14)15)7-11-8-18-4-6-20-13(18)17-11/h4,6,8,10,12,16H,2-3,5,7,9H2,1H3. The molecular weight excluding hydrogens is 284 g/mol. The number of alkyl halides is 2. The number of imidazole rings is 1. The largest absolute Gasteiger partial charge is 0.375 e. The zero-order valence-corrected chi connectivity index (χ0v) is 12.2. The monoisotopic (exact) mass is 303 g/mol. The Hall–Kier alpha value is -1.05. The van der Waals surface area contributed by atoms with Gasteiger partial charge in [0, 0.05) is 36.8 Å². The Morgan fingerprint density at radius 1 is 1.50 bits per heavy atom. The van der Waals surface area contributed by atoms with E-state index in [0.29, 0.717) is 13.0 Å². The molecule has 1 N–H and O–H groups in total. The predicted molar refractivity (Wildman–Crippen MR) is 75.7 cm³/mol. The number of likely N-dealkylation sites (N-methyl/N-ethyl adjacent to an activating group) is 1. The summed E-state index contributed by atoms with van der Waals surface area (Å²) in [6.45, 7) is 2.71. The summed E-state index contributed by atoms with van der Waals surface area (Å²) in [7, 11) is 0. The van der Waals surface area contributed by atoms with E-state index in [1.54, 1.807) is 11.3 Å². The van der Waals surface area contributed by atoms with Gasteiger partial charge in [-0.05, 0) is 13.0 Å². The van der Waals surface area contributed by atoms with Crippen molar-refractivity contribution < 1.29 is 13.5 Å². The molecule has 0 aromatic carbocycles. The van der Waals surface area contributed by atoms with Gasteiger partial charge in [0.15, 0.2) is 4.96 Å². The fraction of sp³-hybridized carbons (Fsp3) is 0.615. The maximum atomic E-state index is 12.0. The van der Waals surface area contributed by atoms with Gasteiger partial charge in [-0.15, -0.1) is 11.3 Å². The highest BCUT2D eigenvalue weighted by Gasteiger charge is 2.12. The highest BCUT2D eigenvalue weighted by atomic mass is 32.1. The van der Waals surface area contributed by atoms with Crippen molar-refractivity contribution in [3.8, 4) is 0 Å². The first kappa shape index (κ1) is 15.3. The van der Waals surface area contributed by atoms with Crippen molar-refractivity contribution in [1.29, 1.82) is 0 Å². The highest BCUT2D eigenvalue weighted by Crippen LogP contribution is 2.13. The molecule has 0 aliphatic carbocycles. The first-order chi connectivity index (χ1) is 9.69. The molecule has 0 radical (unpaired) electrons. The summed E-state index contributed by atoms with van der Waals surface area (Å²) >= 11 is 1.60. The average molecular weight is 303 g/mol. The van der Waals surface area contributed by atoms with Crippen molar-refractivity contribution in [2.75, 3.05) is 19.8 Å². The zero-order valence-electron chi connectivity index (χ0n) is 11.4. The van der Waals surface area contributed by atoms with Gasteiger partial charge in [0.1, 0.15) is 6.61 Å². The van der Waals surface area contributed by atoms with E-state index in [9.17, 15) is 8.78 Å². The van der Waals surface area contributed by atoms with Crippen LogP contribution in [0.5, 0.6) is 0 Å². The number of halogens is 2. The second-order valence-corrected chi connectivity index (χ2v) is 5.41. The van der Waals surface area contributed by atoms with Crippen LogP contribution < -0.4 is 5.32 Å². The number of fused-ring (bicyclic) bond motifs is 1. The van der Waals surface area contributed by atoms with Crippen LogP contribution >= 0.6 is 11.3 Å². The van der Waals surface area contributed by atoms with E-state index in [4.69, 9.17) is 4.74 Å². The Labute approximate surface area is 120 Å². The molecule has 0 bridgehead atoms. The number of thiazole rings is 1. The molecule has 0 aliphatic heterocycles. The molecule has 2 aromatic heterocycles. The Kier molecular flexibility index (Phi) is 5.87. The van der Waals surface area contributed by atoms with Crippen molar-refractivity contribution >= 4 is 16.3 Å². The number of rotatable bonds is 9. The van der Waals surface area contributed by atoms with Crippen molar-refractivity contribution in [3.63, 3.8) is 0 Å². The van der Waals surface area contributed by atoms with E-state index in [-0.39, 0.29) is 6.04 Å². The summed E-state index contributed by atoms with van der Waals surface area (Å²) < 4.78 is 30.9. The maximum Gasteiger partial charge on any atom is 0.261 e. The van der Waals surface area contributed by atoms with E-state index >= 15 is 0 Å². The van der Waals surface area contributed by atoms with Gasteiger partial charge in [-0.25, -0.2) is 13.8 Å². The van der Waals surface area contributed by atoms with Gasteiger partial charge >= 0.3 is 0 Å². The fourth-order valence-corrected chi connectivity index (χ4v) is 2.81. The number of hydrogen-bond acceptors (Lipinski definition) is 4. The average Bonchev–Trinajstić information content (AvgIpc) is 2.95. The maximum absolute atomic E-state index is 12.0. The minimum Gasteiger partial charge on any atom is -0.375 e. The molecule has 2 aromatic rings. The molecule has 0 saturated heterocycles. The molecule has 20 heavy (non-hydrogen) atoms. The van der Waals surface area contributed by atoms with Crippen LogP contribution in [0.3, 0.4) is 0 Å². The lowest BCUT2D eigenvalue weighted by molar-refractivity contribution is 0.0144. The summed E-state index contributed by atoms with van der Waals surface area (Å²) in [5, 5.41) is 5.33. The smallest absolute Gasteiger partial charge is 0.261 e. The predicted octanol–water partition coefficient (Wildman–Crippen LogP) is 2.59. The van der Waals surface area contributed by atoms with Crippen LogP contribution in [-0.4, -0.2) is 41.6 Å². The lowest BCUT2D eigenvalue weighted by atomic mass is 10.1. The third-order valence-corrected chi connectivity index (χ3v) is 3.72. The Bertz CT molecular complexity index is 486. The van der Waals surface area contributed by atoms with Gasteiger partial charge < -0.3 is 10.1 Å². The van der Waals surface area contributed by atoms with Crippen molar-refractivity contribution in [2.24, 2.45) is 0 Å². The van der Waals surface area contributed by atoms with Gasteiger partial charge in [-0.3, -0.25) is 4.40 Å². The molecular formula is C13H19F2N3OS. The molecule has 2 heterocycles. The molecule has 1 atom stereocenters. The summed E-state index contributed by atoms with van der Waals surface area (Å²) in [6, 6.07) is 0.197. The third-order valence-electron chi connectivity index (χ3n) is 2.95. The van der Waals surface area contributed by atoms with Crippen LogP contribution in [0.2, 0.25) is 0 Å². The SMILES string of the molecule is CCNC(CCOCC(F)F)Cc1cn2ccsc2n1. The number of aromatic nitrogens is 2. The lowest BCUT2D eigenvalue weighted by Gasteiger charge is -2.16. The third kappa shape index (κ3) is 4.50. The second kappa shape index (κ2) is 7.66. The van der Waals surface area contributed by atoms with Gasteiger partial charge in [0.05, 0.1) is 5.69 Å². The summed E-state index contributed by atoms with van der Waals surface area (Å²) in [5.74, 6) is 0. The Balaban J connectivity index is 1.83. The van der Waals surface area contributed by atoms with E-state index in [1.807, 2.05) is 29.1 Å². The number of ether oxygens (including phenoxy) is 1. The second-order valence-electron chi connectivity index (χ2n) is 4.54. The number of hydrogen-bond donors (Lipinski definition) is 1. The van der Waals surface area contributed by atoms with Crippen molar-refractivity contribution in [3.05, 3.63) is 23.5 Å². The highest BCUT2D eigenvalue weighted by molar-refractivity contribution is 7.15. The first-order valence-electron chi connectivity index (χ1n) is 6.69. The molecule has 112 valence electrons. The van der Waals surface area contributed by atoms with Crippen molar-refractivity contribution in [2.45, 2.75) is 32.2 Å². The molecule has 2 rings (SSSR count). The van der Waals surface area contributed by atoms with Crippen LogP contribution in [0.4, 0.5) is 8.78 Å². The van der Waals surface area contributed by atoms with Crippen molar-refractivity contribution in [1.82, 2.24) is 14.7 Å².